The summed E-state index contributed by atoms with van der Waals surface area (Å²) in [5.74, 6) is 2.76. The van der Waals surface area contributed by atoms with Gasteiger partial charge in [-0.25, -0.2) is 4.98 Å². The van der Waals surface area contributed by atoms with Crippen LogP contribution in [0.15, 0.2) is 78.9 Å². The van der Waals surface area contributed by atoms with E-state index in [0.717, 1.165) is 47.7 Å². The van der Waals surface area contributed by atoms with Gasteiger partial charge in [0.05, 0.1) is 17.6 Å². The summed E-state index contributed by atoms with van der Waals surface area (Å²) in [6.07, 6.45) is 1.85. The van der Waals surface area contributed by atoms with E-state index in [1.165, 1.54) is 5.56 Å². The van der Waals surface area contributed by atoms with Gasteiger partial charge in [-0.3, -0.25) is 0 Å². The molecule has 3 aromatic carbocycles. The largest absolute Gasteiger partial charge is 0.494 e. The smallest absolute Gasteiger partial charge is 0.153 e. The first-order valence-corrected chi connectivity index (χ1v) is 10.6. The van der Waals surface area contributed by atoms with Crippen LogP contribution in [-0.2, 0) is 6.54 Å². The molecule has 1 atom stereocenters. The SMILES string of the molecule is Cc1cccc(OC(C)c2nc3ccccc3n2CCCCOc2ccccc2)c1. The quantitative estimate of drug-likeness (QED) is 0.307. The second-order valence-corrected chi connectivity index (χ2v) is 7.56. The van der Waals surface area contributed by atoms with E-state index < -0.39 is 0 Å². The molecular weight excluding hydrogens is 372 g/mol. The molecule has 4 rings (SSSR count). The van der Waals surface area contributed by atoms with Gasteiger partial charge >= 0.3 is 0 Å². The zero-order chi connectivity index (χ0) is 20.8. The highest BCUT2D eigenvalue weighted by molar-refractivity contribution is 5.76. The third-order valence-corrected chi connectivity index (χ3v) is 5.14. The van der Waals surface area contributed by atoms with Crippen LogP contribution >= 0.6 is 0 Å². The molecule has 154 valence electrons. The number of para-hydroxylation sites is 3. The van der Waals surface area contributed by atoms with Gasteiger partial charge in [0, 0.05) is 6.54 Å². The van der Waals surface area contributed by atoms with Crippen molar-refractivity contribution in [3.8, 4) is 11.5 Å². The van der Waals surface area contributed by atoms with Crippen molar-refractivity contribution in [2.45, 2.75) is 39.3 Å². The number of benzene rings is 3. The minimum atomic E-state index is -0.139. The summed E-state index contributed by atoms with van der Waals surface area (Å²) < 4.78 is 14.3. The maximum atomic E-state index is 6.23. The molecule has 0 aliphatic rings. The number of hydrogen-bond donors (Lipinski definition) is 0. The van der Waals surface area contributed by atoms with Crippen molar-refractivity contribution < 1.29 is 9.47 Å². The van der Waals surface area contributed by atoms with Crippen LogP contribution in [0.4, 0.5) is 0 Å². The average Bonchev–Trinajstić information content (AvgIpc) is 3.13. The Morgan fingerprint density at radius 1 is 0.867 bits per heavy atom. The van der Waals surface area contributed by atoms with Crippen molar-refractivity contribution in [2.75, 3.05) is 6.61 Å². The zero-order valence-electron chi connectivity index (χ0n) is 17.6. The fourth-order valence-electron chi connectivity index (χ4n) is 3.66. The third kappa shape index (κ3) is 4.82. The van der Waals surface area contributed by atoms with E-state index in [-0.39, 0.29) is 6.10 Å². The summed E-state index contributed by atoms with van der Waals surface area (Å²) in [4.78, 5) is 4.88. The molecule has 0 saturated heterocycles. The van der Waals surface area contributed by atoms with Crippen LogP contribution in [-0.4, -0.2) is 16.2 Å². The summed E-state index contributed by atoms with van der Waals surface area (Å²) in [5.41, 5.74) is 3.34. The highest BCUT2D eigenvalue weighted by atomic mass is 16.5. The molecule has 0 aliphatic carbocycles. The normalized spacial score (nSPS) is 12.1. The van der Waals surface area contributed by atoms with E-state index in [2.05, 4.69) is 48.7 Å². The molecule has 0 N–H and O–H groups in total. The first kappa shape index (κ1) is 20.0. The molecule has 4 aromatic rings. The number of unbranched alkanes of at least 4 members (excludes halogenated alkanes) is 1. The Bertz CT molecular complexity index is 1090. The van der Waals surface area contributed by atoms with Gasteiger partial charge in [-0.2, -0.15) is 0 Å². The topological polar surface area (TPSA) is 36.3 Å². The Balaban J connectivity index is 1.44. The van der Waals surface area contributed by atoms with Crippen LogP contribution in [0.5, 0.6) is 11.5 Å². The predicted molar refractivity (Wildman–Crippen MR) is 121 cm³/mol. The van der Waals surface area contributed by atoms with Crippen LogP contribution in [0.25, 0.3) is 11.0 Å². The standard InChI is InChI=1S/C26H28N2O2/c1-20-11-10-14-23(19-20)30-21(2)26-27-24-15-6-7-16-25(24)28(26)17-8-9-18-29-22-12-4-3-5-13-22/h3-7,10-16,19,21H,8-9,17-18H2,1-2H3. The minimum absolute atomic E-state index is 0.139. The van der Waals surface area contributed by atoms with E-state index in [4.69, 9.17) is 14.5 Å². The average molecular weight is 401 g/mol. The summed E-state index contributed by atoms with van der Waals surface area (Å²) in [5, 5.41) is 0. The van der Waals surface area contributed by atoms with Crippen molar-refractivity contribution in [3.05, 3.63) is 90.3 Å². The Kier molecular flexibility index (Phi) is 6.33. The Morgan fingerprint density at radius 2 is 1.63 bits per heavy atom. The molecule has 1 aromatic heterocycles. The third-order valence-electron chi connectivity index (χ3n) is 5.14. The Morgan fingerprint density at radius 3 is 2.47 bits per heavy atom. The lowest BCUT2D eigenvalue weighted by atomic mass is 10.2. The summed E-state index contributed by atoms with van der Waals surface area (Å²) >= 11 is 0. The van der Waals surface area contributed by atoms with Crippen LogP contribution < -0.4 is 9.47 Å². The van der Waals surface area contributed by atoms with Gasteiger partial charge < -0.3 is 14.0 Å². The van der Waals surface area contributed by atoms with Crippen molar-refractivity contribution in [3.63, 3.8) is 0 Å². The molecule has 0 amide bonds. The van der Waals surface area contributed by atoms with Gasteiger partial charge in [0.2, 0.25) is 0 Å². The molecule has 0 saturated carbocycles. The molecule has 4 nitrogen and oxygen atoms in total. The van der Waals surface area contributed by atoms with Crippen LogP contribution in [0.2, 0.25) is 0 Å². The highest BCUT2D eigenvalue weighted by Crippen LogP contribution is 2.26. The Hall–Kier alpha value is -3.27. The molecule has 1 heterocycles. The molecular formula is C26H28N2O2. The van der Waals surface area contributed by atoms with Gasteiger partial charge in [-0.1, -0.05) is 42.5 Å². The zero-order valence-corrected chi connectivity index (χ0v) is 17.6. The Labute approximate surface area is 178 Å². The summed E-state index contributed by atoms with van der Waals surface area (Å²) in [7, 11) is 0. The second-order valence-electron chi connectivity index (χ2n) is 7.56. The number of aryl methyl sites for hydroxylation is 2. The van der Waals surface area contributed by atoms with E-state index in [9.17, 15) is 0 Å². The predicted octanol–water partition coefficient (Wildman–Crippen LogP) is 6.34. The molecule has 1 unspecified atom stereocenters. The van der Waals surface area contributed by atoms with Crippen molar-refractivity contribution in [1.29, 1.82) is 0 Å². The molecule has 4 heteroatoms. The van der Waals surface area contributed by atoms with Gasteiger partial charge in [-0.05, 0) is 68.7 Å². The summed E-state index contributed by atoms with van der Waals surface area (Å²) in [6, 6.07) is 26.4. The van der Waals surface area contributed by atoms with E-state index in [1.54, 1.807) is 0 Å². The van der Waals surface area contributed by atoms with Crippen molar-refractivity contribution >= 4 is 11.0 Å². The maximum Gasteiger partial charge on any atom is 0.153 e. The lowest BCUT2D eigenvalue weighted by Gasteiger charge is -2.17. The summed E-state index contributed by atoms with van der Waals surface area (Å²) in [6.45, 7) is 5.74. The van der Waals surface area contributed by atoms with E-state index >= 15 is 0 Å². The van der Waals surface area contributed by atoms with Crippen molar-refractivity contribution in [1.82, 2.24) is 9.55 Å². The van der Waals surface area contributed by atoms with E-state index in [0.29, 0.717) is 6.61 Å². The number of imidazole rings is 1. The first-order valence-electron chi connectivity index (χ1n) is 10.6. The highest BCUT2D eigenvalue weighted by Gasteiger charge is 2.18. The van der Waals surface area contributed by atoms with Crippen LogP contribution in [0.1, 0.15) is 37.3 Å². The van der Waals surface area contributed by atoms with Gasteiger partial charge in [-0.15, -0.1) is 0 Å². The number of aromatic nitrogens is 2. The first-order chi connectivity index (χ1) is 14.7. The van der Waals surface area contributed by atoms with Gasteiger partial charge in [0.15, 0.2) is 11.9 Å². The van der Waals surface area contributed by atoms with Gasteiger partial charge in [0.1, 0.15) is 11.5 Å². The maximum absolute atomic E-state index is 6.23. The number of ether oxygens (including phenoxy) is 2. The van der Waals surface area contributed by atoms with Crippen LogP contribution in [0, 0.1) is 6.92 Å². The monoisotopic (exact) mass is 400 g/mol. The molecule has 0 radical (unpaired) electrons. The molecule has 0 bridgehead atoms. The van der Waals surface area contributed by atoms with Gasteiger partial charge in [0.25, 0.3) is 0 Å². The minimum Gasteiger partial charge on any atom is -0.494 e. The molecule has 0 fully saturated rings. The number of nitrogens with zero attached hydrogens (tertiary/aromatic N) is 2. The van der Waals surface area contributed by atoms with E-state index in [1.807, 2.05) is 48.5 Å². The van der Waals surface area contributed by atoms with Crippen molar-refractivity contribution in [2.24, 2.45) is 0 Å². The fourth-order valence-corrected chi connectivity index (χ4v) is 3.66. The lowest BCUT2D eigenvalue weighted by molar-refractivity contribution is 0.210. The number of fused-ring (bicyclic) bond motifs is 1. The number of hydrogen-bond acceptors (Lipinski definition) is 3. The lowest BCUT2D eigenvalue weighted by Crippen LogP contribution is -2.13. The fraction of sp³-hybridized carbons (Fsp3) is 0.269. The molecule has 0 spiro atoms. The molecule has 0 aliphatic heterocycles. The number of rotatable bonds is 9. The second kappa shape index (κ2) is 9.49. The van der Waals surface area contributed by atoms with Crippen LogP contribution in [0.3, 0.4) is 0 Å². The molecule has 30 heavy (non-hydrogen) atoms.